The lowest BCUT2D eigenvalue weighted by Crippen LogP contribution is -2.44. The van der Waals surface area contributed by atoms with Crippen LogP contribution in [0.15, 0.2) is 24.3 Å². The van der Waals surface area contributed by atoms with Crippen molar-refractivity contribution in [2.75, 3.05) is 6.61 Å². The van der Waals surface area contributed by atoms with Crippen molar-refractivity contribution in [2.45, 2.75) is 50.3 Å². The molecule has 0 aromatic heterocycles. The maximum absolute atomic E-state index is 12.2. The normalized spacial score (nSPS) is 33.5. The standard InChI is InChI=1S/C17H19NO8/c1-17(2)25-13-11(20)12(24-16(13)26-17)10(19)7-23-18-14(21)8-5-3-4-6-9(8)15(18)22/h3-6,10-13,16,19-20H,7H2,1-2H3/t10-,11+,12?,13-,16-/m1/s1. The summed E-state index contributed by atoms with van der Waals surface area (Å²) in [4.78, 5) is 29.6. The summed E-state index contributed by atoms with van der Waals surface area (Å²) in [6.07, 6.45) is -5.00. The van der Waals surface area contributed by atoms with Crippen LogP contribution < -0.4 is 0 Å². The zero-order valence-corrected chi connectivity index (χ0v) is 14.2. The quantitative estimate of drug-likeness (QED) is 0.706. The van der Waals surface area contributed by atoms with Gasteiger partial charge in [-0.1, -0.05) is 12.1 Å². The number of rotatable bonds is 4. The molecular weight excluding hydrogens is 346 g/mol. The van der Waals surface area contributed by atoms with Gasteiger partial charge in [0.15, 0.2) is 12.1 Å². The molecule has 9 heteroatoms. The van der Waals surface area contributed by atoms with Crippen LogP contribution in [0.4, 0.5) is 0 Å². The van der Waals surface area contributed by atoms with Crippen molar-refractivity contribution in [3.8, 4) is 0 Å². The Morgan fingerprint density at radius 3 is 2.38 bits per heavy atom. The van der Waals surface area contributed by atoms with Crippen molar-refractivity contribution in [1.82, 2.24) is 5.06 Å². The van der Waals surface area contributed by atoms with Gasteiger partial charge in [-0.15, -0.1) is 5.06 Å². The summed E-state index contributed by atoms with van der Waals surface area (Å²) in [5.41, 5.74) is 0.477. The van der Waals surface area contributed by atoms with Crippen molar-refractivity contribution < 1.29 is 38.9 Å². The fourth-order valence-corrected chi connectivity index (χ4v) is 3.36. The molecule has 140 valence electrons. The second-order valence-corrected chi connectivity index (χ2v) is 6.87. The molecule has 2 amide bonds. The predicted molar refractivity (Wildman–Crippen MR) is 83.6 cm³/mol. The molecule has 3 aliphatic heterocycles. The average Bonchev–Trinajstić information content (AvgIpc) is 3.15. The summed E-state index contributed by atoms with van der Waals surface area (Å²) in [6.45, 7) is 2.96. The molecule has 0 radical (unpaired) electrons. The third-order valence-electron chi connectivity index (χ3n) is 4.56. The second kappa shape index (κ2) is 6.08. The van der Waals surface area contributed by atoms with Crippen LogP contribution in [0.2, 0.25) is 0 Å². The number of imide groups is 1. The summed E-state index contributed by atoms with van der Waals surface area (Å²) in [5, 5.41) is 21.2. The number of amides is 2. The van der Waals surface area contributed by atoms with Gasteiger partial charge >= 0.3 is 0 Å². The number of hydrogen-bond donors (Lipinski definition) is 2. The van der Waals surface area contributed by atoms with E-state index in [1.165, 1.54) is 12.1 Å². The summed E-state index contributed by atoms with van der Waals surface area (Å²) in [5.74, 6) is -2.09. The molecular formula is C17H19NO8. The summed E-state index contributed by atoms with van der Waals surface area (Å²) < 4.78 is 16.6. The number of hydroxylamine groups is 2. The number of fused-ring (bicyclic) bond motifs is 2. The van der Waals surface area contributed by atoms with Gasteiger partial charge in [0.1, 0.15) is 31.0 Å². The Morgan fingerprint density at radius 2 is 1.81 bits per heavy atom. The van der Waals surface area contributed by atoms with Crippen molar-refractivity contribution >= 4 is 11.8 Å². The van der Waals surface area contributed by atoms with Crippen LogP contribution in [0, 0.1) is 0 Å². The van der Waals surface area contributed by atoms with Gasteiger partial charge in [0, 0.05) is 0 Å². The molecule has 0 bridgehead atoms. The first-order chi connectivity index (χ1) is 12.3. The first-order valence-electron chi connectivity index (χ1n) is 8.26. The molecule has 2 saturated heterocycles. The highest BCUT2D eigenvalue weighted by atomic mass is 16.8. The van der Waals surface area contributed by atoms with Crippen LogP contribution in [0.3, 0.4) is 0 Å². The van der Waals surface area contributed by atoms with Crippen molar-refractivity contribution in [3.05, 3.63) is 35.4 Å². The largest absolute Gasteiger partial charge is 0.388 e. The van der Waals surface area contributed by atoms with E-state index in [9.17, 15) is 19.8 Å². The van der Waals surface area contributed by atoms with E-state index in [4.69, 9.17) is 19.0 Å². The van der Waals surface area contributed by atoms with Crippen LogP contribution in [-0.4, -0.2) is 70.2 Å². The van der Waals surface area contributed by atoms with E-state index in [0.29, 0.717) is 5.06 Å². The Bertz CT molecular complexity index is 715. The minimum atomic E-state index is -1.30. The summed E-state index contributed by atoms with van der Waals surface area (Å²) >= 11 is 0. The van der Waals surface area contributed by atoms with Crippen LogP contribution in [0.1, 0.15) is 34.6 Å². The molecule has 3 heterocycles. The fourth-order valence-electron chi connectivity index (χ4n) is 3.36. The van der Waals surface area contributed by atoms with Gasteiger partial charge in [0.2, 0.25) is 0 Å². The van der Waals surface area contributed by atoms with Crippen molar-refractivity contribution in [3.63, 3.8) is 0 Å². The number of ether oxygens (including phenoxy) is 3. The van der Waals surface area contributed by atoms with Crippen LogP contribution >= 0.6 is 0 Å². The smallest absolute Gasteiger partial charge is 0.285 e. The topological polar surface area (TPSA) is 115 Å². The lowest BCUT2D eigenvalue weighted by atomic mass is 10.1. The lowest BCUT2D eigenvalue weighted by Gasteiger charge is -2.26. The molecule has 26 heavy (non-hydrogen) atoms. The van der Waals surface area contributed by atoms with E-state index in [1.807, 2.05) is 0 Å². The van der Waals surface area contributed by atoms with E-state index in [1.54, 1.807) is 26.0 Å². The molecule has 2 fully saturated rings. The molecule has 0 saturated carbocycles. The average molecular weight is 365 g/mol. The van der Waals surface area contributed by atoms with Gasteiger partial charge in [-0.2, -0.15) is 0 Å². The van der Waals surface area contributed by atoms with Gasteiger partial charge in [-0.3, -0.25) is 14.4 Å². The van der Waals surface area contributed by atoms with Gasteiger partial charge in [-0.25, -0.2) is 0 Å². The number of benzene rings is 1. The monoisotopic (exact) mass is 365 g/mol. The van der Waals surface area contributed by atoms with Crippen molar-refractivity contribution in [1.29, 1.82) is 0 Å². The minimum absolute atomic E-state index is 0.239. The Labute approximate surface area is 149 Å². The van der Waals surface area contributed by atoms with Gasteiger partial charge in [0.05, 0.1) is 11.1 Å². The lowest BCUT2D eigenvalue weighted by molar-refractivity contribution is -0.232. The first kappa shape index (κ1) is 17.5. The van der Waals surface area contributed by atoms with E-state index >= 15 is 0 Å². The number of carbonyl (C=O) groups is 2. The molecule has 2 N–H and O–H groups in total. The summed E-state index contributed by atoms with van der Waals surface area (Å²) in [6, 6.07) is 6.34. The number of aliphatic hydroxyl groups is 2. The molecule has 4 rings (SSSR count). The zero-order chi connectivity index (χ0) is 18.6. The van der Waals surface area contributed by atoms with Gasteiger partial charge in [0.25, 0.3) is 11.8 Å². The predicted octanol–water partition coefficient (Wildman–Crippen LogP) is -0.188. The van der Waals surface area contributed by atoms with E-state index in [2.05, 4.69) is 0 Å². The molecule has 3 aliphatic rings. The van der Waals surface area contributed by atoms with E-state index < -0.39 is 54.9 Å². The van der Waals surface area contributed by atoms with Crippen molar-refractivity contribution in [2.24, 2.45) is 0 Å². The number of aliphatic hydroxyl groups excluding tert-OH is 2. The summed E-state index contributed by atoms with van der Waals surface area (Å²) in [7, 11) is 0. The van der Waals surface area contributed by atoms with Crippen LogP contribution in [0.25, 0.3) is 0 Å². The Hall–Kier alpha value is -1.88. The van der Waals surface area contributed by atoms with Gasteiger partial charge < -0.3 is 24.4 Å². The minimum Gasteiger partial charge on any atom is -0.388 e. The SMILES string of the molecule is CC1(C)O[C@H]2OC([C@H](O)CON3C(=O)c4ccccc4C3=O)[C@H](O)[C@H]2O1. The number of hydrogen-bond acceptors (Lipinski definition) is 8. The molecule has 1 unspecified atom stereocenters. The van der Waals surface area contributed by atoms with E-state index in [-0.39, 0.29) is 11.1 Å². The highest BCUT2D eigenvalue weighted by Crippen LogP contribution is 2.38. The van der Waals surface area contributed by atoms with Gasteiger partial charge in [-0.05, 0) is 26.0 Å². The zero-order valence-electron chi connectivity index (χ0n) is 14.2. The maximum Gasteiger partial charge on any atom is 0.285 e. The van der Waals surface area contributed by atoms with Crippen LogP contribution in [0.5, 0.6) is 0 Å². The Morgan fingerprint density at radius 1 is 1.19 bits per heavy atom. The third-order valence-corrected chi connectivity index (χ3v) is 4.56. The molecule has 1 aromatic rings. The van der Waals surface area contributed by atoms with Crippen LogP contribution in [-0.2, 0) is 19.0 Å². The maximum atomic E-state index is 12.2. The van der Waals surface area contributed by atoms with E-state index in [0.717, 1.165) is 0 Å². The molecule has 9 nitrogen and oxygen atoms in total. The highest BCUT2D eigenvalue weighted by Gasteiger charge is 2.56. The number of nitrogens with zero attached hydrogens (tertiary/aromatic N) is 1. The highest BCUT2D eigenvalue weighted by molar-refractivity contribution is 6.20. The Kier molecular flexibility index (Phi) is 4.10. The second-order valence-electron chi connectivity index (χ2n) is 6.87. The number of carbonyl (C=O) groups excluding carboxylic acids is 2. The molecule has 5 atom stereocenters. The molecule has 1 aromatic carbocycles. The molecule has 0 aliphatic carbocycles. The first-order valence-corrected chi connectivity index (χ1v) is 8.26. The molecule has 0 spiro atoms. The Balaban J connectivity index is 1.38. The fraction of sp³-hybridized carbons (Fsp3) is 0.529. The third kappa shape index (κ3) is 2.73.